The van der Waals surface area contributed by atoms with Crippen molar-refractivity contribution < 1.29 is 19.1 Å². The van der Waals surface area contributed by atoms with Gasteiger partial charge in [-0.25, -0.2) is 0 Å². The highest BCUT2D eigenvalue weighted by atomic mass is 16.5. The molecule has 1 unspecified atom stereocenters. The first kappa shape index (κ1) is 17.2. The molecule has 1 aliphatic carbocycles. The summed E-state index contributed by atoms with van der Waals surface area (Å²) in [6, 6.07) is 14.2. The summed E-state index contributed by atoms with van der Waals surface area (Å²) in [5, 5.41) is 0. The number of hydrogen-bond acceptors (Lipinski definition) is 4. The number of rotatable bonds is 6. The fourth-order valence-corrected chi connectivity index (χ4v) is 3.32. The van der Waals surface area contributed by atoms with Gasteiger partial charge in [0.05, 0.1) is 25.6 Å². The molecule has 4 nitrogen and oxygen atoms in total. The van der Waals surface area contributed by atoms with Crippen molar-refractivity contribution in [3.63, 3.8) is 0 Å². The van der Waals surface area contributed by atoms with Crippen LogP contribution in [0.3, 0.4) is 0 Å². The molecule has 0 radical (unpaired) electrons. The number of fused-ring (bicyclic) bond motifs is 3. The van der Waals surface area contributed by atoms with Crippen LogP contribution < -0.4 is 0 Å². The highest BCUT2D eigenvalue weighted by molar-refractivity contribution is 5.86. The minimum Gasteiger partial charge on any atom is -0.466 e. The fraction of sp³-hybridized carbons (Fsp3) is 0.333. The largest absolute Gasteiger partial charge is 0.466 e. The lowest BCUT2D eigenvalue weighted by Crippen LogP contribution is -2.20. The van der Waals surface area contributed by atoms with Crippen molar-refractivity contribution >= 4 is 11.9 Å². The van der Waals surface area contributed by atoms with Crippen molar-refractivity contribution in [3.05, 3.63) is 59.2 Å². The van der Waals surface area contributed by atoms with Crippen molar-refractivity contribution in [1.82, 2.24) is 0 Å². The van der Waals surface area contributed by atoms with Gasteiger partial charge in [-0.15, -0.1) is 0 Å². The van der Waals surface area contributed by atoms with E-state index in [1.165, 1.54) is 16.7 Å². The minimum absolute atomic E-state index is 0.00684. The molecule has 1 atom stereocenters. The van der Waals surface area contributed by atoms with Gasteiger partial charge < -0.3 is 9.47 Å². The van der Waals surface area contributed by atoms with Gasteiger partial charge in [0.2, 0.25) is 0 Å². The Morgan fingerprint density at radius 1 is 0.960 bits per heavy atom. The van der Waals surface area contributed by atoms with E-state index in [2.05, 4.69) is 12.1 Å². The molecule has 0 aliphatic heterocycles. The Morgan fingerprint density at radius 3 is 2.44 bits per heavy atom. The van der Waals surface area contributed by atoms with Crippen LogP contribution in [0.25, 0.3) is 11.1 Å². The van der Waals surface area contributed by atoms with Crippen LogP contribution in [0, 0.1) is 0 Å². The van der Waals surface area contributed by atoms with E-state index in [0.29, 0.717) is 6.61 Å². The summed E-state index contributed by atoms with van der Waals surface area (Å²) >= 11 is 0. The van der Waals surface area contributed by atoms with E-state index in [1.54, 1.807) is 13.8 Å². The molecule has 0 saturated carbocycles. The van der Waals surface area contributed by atoms with Crippen molar-refractivity contribution in [2.24, 2.45) is 0 Å². The third-order valence-corrected chi connectivity index (χ3v) is 4.47. The highest BCUT2D eigenvalue weighted by Gasteiger charge is 2.28. The number of esters is 2. The molecule has 0 aromatic heterocycles. The van der Waals surface area contributed by atoms with Gasteiger partial charge in [0.25, 0.3) is 0 Å². The zero-order valence-electron chi connectivity index (χ0n) is 14.6. The molecular formula is C21H22O4. The molecule has 0 fully saturated rings. The first-order valence-corrected chi connectivity index (χ1v) is 8.67. The lowest BCUT2D eigenvalue weighted by Gasteiger charge is -2.16. The van der Waals surface area contributed by atoms with Crippen LogP contribution in [0.5, 0.6) is 0 Å². The molecule has 2 aromatic rings. The van der Waals surface area contributed by atoms with Crippen LogP contribution in [0.15, 0.2) is 42.5 Å². The van der Waals surface area contributed by atoms with E-state index < -0.39 is 5.92 Å². The van der Waals surface area contributed by atoms with E-state index >= 15 is 0 Å². The Balaban J connectivity index is 1.94. The second kappa shape index (κ2) is 7.51. The van der Waals surface area contributed by atoms with Gasteiger partial charge in [-0.1, -0.05) is 36.4 Å². The van der Waals surface area contributed by atoms with Gasteiger partial charge >= 0.3 is 11.9 Å². The summed E-state index contributed by atoms with van der Waals surface area (Å²) in [6.07, 6.45) is 0.890. The quantitative estimate of drug-likeness (QED) is 0.641. The van der Waals surface area contributed by atoms with E-state index in [0.717, 1.165) is 17.5 Å². The van der Waals surface area contributed by atoms with Gasteiger partial charge in [0, 0.05) is 0 Å². The minimum atomic E-state index is -0.642. The van der Waals surface area contributed by atoms with Gasteiger partial charge in [-0.05, 0) is 54.2 Å². The molecule has 25 heavy (non-hydrogen) atoms. The molecule has 0 saturated heterocycles. The molecule has 0 amide bonds. The molecule has 0 spiro atoms. The summed E-state index contributed by atoms with van der Waals surface area (Å²) in [5.41, 5.74) is 5.64. The number of carbonyl (C=O) groups is 2. The van der Waals surface area contributed by atoms with E-state index in [1.807, 2.05) is 30.3 Å². The molecule has 1 aliphatic rings. The zero-order valence-corrected chi connectivity index (χ0v) is 14.6. The standard InChI is InChI=1S/C21H22O4/c1-3-24-20(22)13-19(21(23)25-4-2)16-10-9-15-11-14-7-5-6-8-17(14)18(15)12-16/h5-10,12,19H,3-4,11,13H2,1-2H3. The summed E-state index contributed by atoms with van der Waals surface area (Å²) in [7, 11) is 0. The van der Waals surface area contributed by atoms with Crippen LogP contribution in [-0.2, 0) is 25.5 Å². The normalized spacial score (nSPS) is 12.9. The molecule has 3 rings (SSSR count). The Hall–Kier alpha value is -2.62. The fourth-order valence-electron chi connectivity index (χ4n) is 3.32. The Bertz CT molecular complexity index is 794. The smallest absolute Gasteiger partial charge is 0.313 e. The summed E-state index contributed by atoms with van der Waals surface area (Å²) in [6.45, 7) is 4.10. The van der Waals surface area contributed by atoms with E-state index in [4.69, 9.17) is 9.47 Å². The maximum Gasteiger partial charge on any atom is 0.313 e. The maximum absolute atomic E-state index is 12.4. The molecule has 130 valence electrons. The van der Waals surface area contributed by atoms with Crippen LogP contribution in [0.4, 0.5) is 0 Å². The molecule has 2 aromatic carbocycles. The van der Waals surface area contributed by atoms with Crippen molar-refractivity contribution in [2.45, 2.75) is 32.6 Å². The van der Waals surface area contributed by atoms with Crippen molar-refractivity contribution in [3.8, 4) is 11.1 Å². The second-order valence-corrected chi connectivity index (χ2v) is 6.06. The van der Waals surface area contributed by atoms with Crippen LogP contribution in [0.2, 0.25) is 0 Å². The van der Waals surface area contributed by atoms with Crippen LogP contribution >= 0.6 is 0 Å². The molecular weight excluding hydrogens is 316 g/mol. The molecule has 0 N–H and O–H groups in total. The molecule has 4 heteroatoms. The SMILES string of the molecule is CCOC(=O)CC(C(=O)OCC)c1ccc2c(c1)-c1ccccc1C2. The third kappa shape index (κ3) is 3.58. The Morgan fingerprint density at radius 2 is 1.68 bits per heavy atom. The number of carbonyl (C=O) groups excluding carboxylic acids is 2. The maximum atomic E-state index is 12.4. The number of ether oxygens (including phenoxy) is 2. The first-order chi connectivity index (χ1) is 12.1. The predicted octanol–water partition coefficient (Wildman–Crippen LogP) is 3.86. The predicted molar refractivity (Wildman–Crippen MR) is 95.3 cm³/mol. The summed E-state index contributed by atoms with van der Waals surface area (Å²) < 4.78 is 10.2. The van der Waals surface area contributed by atoms with Gasteiger partial charge in [0.1, 0.15) is 0 Å². The van der Waals surface area contributed by atoms with E-state index in [-0.39, 0.29) is 25.0 Å². The topological polar surface area (TPSA) is 52.6 Å². The van der Waals surface area contributed by atoms with Crippen molar-refractivity contribution in [1.29, 1.82) is 0 Å². The lowest BCUT2D eigenvalue weighted by atomic mass is 9.92. The average molecular weight is 338 g/mol. The van der Waals surface area contributed by atoms with Crippen molar-refractivity contribution in [2.75, 3.05) is 13.2 Å². The van der Waals surface area contributed by atoms with Gasteiger partial charge in [-0.2, -0.15) is 0 Å². The number of benzene rings is 2. The third-order valence-electron chi connectivity index (χ3n) is 4.47. The Labute approximate surface area is 147 Å². The van der Waals surface area contributed by atoms with E-state index in [9.17, 15) is 9.59 Å². The zero-order chi connectivity index (χ0) is 17.8. The van der Waals surface area contributed by atoms with Gasteiger partial charge in [-0.3, -0.25) is 9.59 Å². The highest BCUT2D eigenvalue weighted by Crippen LogP contribution is 2.38. The van der Waals surface area contributed by atoms with Crippen LogP contribution in [0.1, 0.15) is 42.9 Å². The molecule has 0 bridgehead atoms. The first-order valence-electron chi connectivity index (χ1n) is 8.67. The average Bonchev–Trinajstić information content (AvgIpc) is 2.98. The monoisotopic (exact) mass is 338 g/mol. The van der Waals surface area contributed by atoms with Gasteiger partial charge in [0.15, 0.2) is 0 Å². The summed E-state index contributed by atoms with van der Waals surface area (Å²) in [4.78, 5) is 24.3. The second-order valence-electron chi connectivity index (χ2n) is 6.06. The summed E-state index contributed by atoms with van der Waals surface area (Å²) in [5.74, 6) is -1.42. The Kier molecular flexibility index (Phi) is 5.17. The van der Waals surface area contributed by atoms with Crippen LogP contribution in [-0.4, -0.2) is 25.2 Å². The lowest BCUT2D eigenvalue weighted by molar-refractivity contribution is -0.151. The number of hydrogen-bond donors (Lipinski definition) is 0. The molecule has 0 heterocycles.